The second-order valence-electron chi connectivity index (χ2n) is 7.08. The normalized spacial score (nSPS) is 14.2. The van der Waals surface area contributed by atoms with Crippen LogP contribution in [0.25, 0.3) is 0 Å². The lowest BCUT2D eigenvalue weighted by Crippen LogP contribution is -2.21. The molecule has 0 spiro atoms. The van der Waals surface area contributed by atoms with E-state index in [1.165, 1.54) is 23.0 Å². The minimum absolute atomic E-state index is 0.122. The van der Waals surface area contributed by atoms with Crippen LogP contribution >= 0.6 is 11.6 Å². The molecule has 1 fully saturated rings. The van der Waals surface area contributed by atoms with Crippen LogP contribution in [0.2, 0.25) is 5.02 Å². The molecular weight excluding hydrogens is 426 g/mol. The number of rotatable bonds is 6. The van der Waals surface area contributed by atoms with Crippen LogP contribution in [0.15, 0.2) is 36.7 Å². The molecule has 0 radical (unpaired) electrons. The van der Waals surface area contributed by atoms with Crippen molar-refractivity contribution in [3.8, 4) is 0 Å². The van der Waals surface area contributed by atoms with Crippen molar-refractivity contribution < 1.29 is 22.4 Å². The molecular formula is C19H16ClF4N5O. The predicted octanol–water partition coefficient (Wildman–Crippen LogP) is 4.46. The highest BCUT2D eigenvalue weighted by molar-refractivity contribution is 6.32. The van der Waals surface area contributed by atoms with E-state index in [1.54, 1.807) is 18.3 Å². The minimum Gasteiger partial charge on any atom is -0.322 e. The van der Waals surface area contributed by atoms with Gasteiger partial charge in [0.1, 0.15) is 12.4 Å². The van der Waals surface area contributed by atoms with Crippen molar-refractivity contribution in [3.05, 3.63) is 64.5 Å². The fraction of sp³-hybridized carbons (Fsp3) is 0.316. The van der Waals surface area contributed by atoms with Gasteiger partial charge in [-0.15, -0.1) is 0 Å². The summed E-state index contributed by atoms with van der Waals surface area (Å²) in [5.74, 6) is -1.05. The number of nitrogens with zero attached hydrogens (tertiary/aromatic N) is 4. The van der Waals surface area contributed by atoms with Gasteiger partial charge in [-0.3, -0.25) is 14.2 Å². The molecule has 0 aliphatic heterocycles. The summed E-state index contributed by atoms with van der Waals surface area (Å²) in [4.78, 5) is 12.4. The average molecular weight is 442 g/mol. The SMILES string of the molecule is O=C(Cn1nc(C(F)(F)F)c(Cl)c1C1CC1)Nc1cnn(Cc2cccc(F)c2)c1. The first kappa shape index (κ1) is 20.4. The third-order valence-corrected chi connectivity index (χ3v) is 4.98. The van der Waals surface area contributed by atoms with Crippen LogP contribution in [0.3, 0.4) is 0 Å². The molecule has 2 heterocycles. The van der Waals surface area contributed by atoms with Crippen molar-refractivity contribution in [1.29, 1.82) is 0 Å². The Morgan fingerprint density at radius 1 is 1.30 bits per heavy atom. The van der Waals surface area contributed by atoms with Crippen LogP contribution in [0.5, 0.6) is 0 Å². The molecule has 158 valence electrons. The number of hydrogen-bond donors (Lipinski definition) is 1. The molecule has 0 atom stereocenters. The van der Waals surface area contributed by atoms with Crippen LogP contribution in [0.1, 0.15) is 35.7 Å². The Hall–Kier alpha value is -2.88. The fourth-order valence-corrected chi connectivity index (χ4v) is 3.57. The Balaban J connectivity index is 1.45. The summed E-state index contributed by atoms with van der Waals surface area (Å²) >= 11 is 5.91. The molecule has 1 aliphatic carbocycles. The van der Waals surface area contributed by atoms with Gasteiger partial charge in [0.25, 0.3) is 0 Å². The molecule has 0 saturated heterocycles. The Kier molecular flexibility index (Phi) is 5.27. The molecule has 1 aliphatic rings. The minimum atomic E-state index is -4.69. The largest absolute Gasteiger partial charge is 0.436 e. The third kappa shape index (κ3) is 4.48. The first-order chi connectivity index (χ1) is 14.2. The number of halogens is 5. The zero-order chi connectivity index (χ0) is 21.5. The van der Waals surface area contributed by atoms with Crippen molar-refractivity contribution in [1.82, 2.24) is 19.6 Å². The number of hydrogen-bond acceptors (Lipinski definition) is 3. The van der Waals surface area contributed by atoms with E-state index in [0.717, 1.165) is 4.68 Å². The lowest BCUT2D eigenvalue weighted by molar-refractivity contribution is -0.141. The van der Waals surface area contributed by atoms with E-state index < -0.39 is 29.3 Å². The summed E-state index contributed by atoms with van der Waals surface area (Å²) in [6.45, 7) is -0.111. The van der Waals surface area contributed by atoms with Gasteiger partial charge in [-0.1, -0.05) is 23.7 Å². The van der Waals surface area contributed by atoms with Gasteiger partial charge in [0, 0.05) is 12.1 Å². The van der Waals surface area contributed by atoms with Crippen LogP contribution in [-0.4, -0.2) is 25.5 Å². The van der Waals surface area contributed by atoms with Crippen LogP contribution in [-0.2, 0) is 24.1 Å². The topological polar surface area (TPSA) is 64.7 Å². The quantitative estimate of drug-likeness (QED) is 0.575. The van der Waals surface area contributed by atoms with Gasteiger partial charge in [-0.2, -0.15) is 23.4 Å². The molecule has 1 aromatic carbocycles. The molecule has 1 N–H and O–H groups in total. The van der Waals surface area contributed by atoms with Crippen molar-refractivity contribution >= 4 is 23.2 Å². The van der Waals surface area contributed by atoms with Crippen molar-refractivity contribution in [3.63, 3.8) is 0 Å². The third-order valence-electron chi connectivity index (χ3n) is 4.61. The lowest BCUT2D eigenvalue weighted by Gasteiger charge is -2.07. The van der Waals surface area contributed by atoms with Crippen LogP contribution in [0.4, 0.5) is 23.2 Å². The van der Waals surface area contributed by atoms with E-state index in [4.69, 9.17) is 11.6 Å². The van der Waals surface area contributed by atoms with Crippen molar-refractivity contribution in [2.75, 3.05) is 5.32 Å². The van der Waals surface area contributed by atoms with Gasteiger partial charge < -0.3 is 5.32 Å². The number of benzene rings is 1. The Morgan fingerprint density at radius 2 is 2.07 bits per heavy atom. The predicted molar refractivity (Wildman–Crippen MR) is 101 cm³/mol. The zero-order valence-corrected chi connectivity index (χ0v) is 16.2. The number of carbonyl (C=O) groups is 1. The summed E-state index contributed by atoms with van der Waals surface area (Å²) in [6.07, 6.45) is -0.340. The summed E-state index contributed by atoms with van der Waals surface area (Å²) in [5.41, 5.74) is 0.109. The number of alkyl halides is 3. The van der Waals surface area contributed by atoms with Crippen LogP contribution in [0, 0.1) is 5.82 Å². The summed E-state index contributed by atoms with van der Waals surface area (Å²) in [5, 5.41) is 9.77. The number of aromatic nitrogens is 4. The fourth-order valence-electron chi connectivity index (χ4n) is 3.18. The van der Waals surface area contributed by atoms with E-state index in [-0.39, 0.29) is 17.4 Å². The van der Waals surface area contributed by atoms with Crippen LogP contribution < -0.4 is 5.32 Å². The van der Waals surface area contributed by atoms with Gasteiger partial charge in [-0.05, 0) is 30.5 Å². The second-order valence-corrected chi connectivity index (χ2v) is 7.46. The monoisotopic (exact) mass is 441 g/mol. The van der Waals surface area contributed by atoms with Crippen molar-refractivity contribution in [2.45, 2.75) is 38.0 Å². The van der Waals surface area contributed by atoms with E-state index in [9.17, 15) is 22.4 Å². The van der Waals surface area contributed by atoms with Gasteiger partial charge in [0.15, 0.2) is 5.69 Å². The summed E-state index contributed by atoms with van der Waals surface area (Å²) < 4.78 is 55.2. The molecule has 1 amide bonds. The van der Waals surface area contributed by atoms with Gasteiger partial charge in [-0.25, -0.2) is 4.39 Å². The molecule has 11 heteroatoms. The van der Waals surface area contributed by atoms with E-state index in [2.05, 4.69) is 15.5 Å². The maximum atomic E-state index is 13.3. The van der Waals surface area contributed by atoms with Gasteiger partial charge in [0.05, 0.1) is 29.1 Å². The molecule has 0 bridgehead atoms. The zero-order valence-electron chi connectivity index (χ0n) is 15.5. The molecule has 4 rings (SSSR count). The lowest BCUT2D eigenvalue weighted by atomic mass is 10.2. The highest BCUT2D eigenvalue weighted by atomic mass is 35.5. The summed E-state index contributed by atoms with van der Waals surface area (Å²) in [6, 6.07) is 6.03. The van der Waals surface area contributed by atoms with E-state index >= 15 is 0 Å². The Morgan fingerprint density at radius 3 is 2.73 bits per heavy atom. The standard InChI is InChI=1S/C19H16ClF4N5O/c20-16-17(12-4-5-12)29(27-18(16)19(22,23)24)10-15(30)26-14-7-25-28(9-14)8-11-2-1-3-13(21)6-11/h1-3,6-7,9,12H,4-5,8,10H2,(H,26,30). The molecule has 30 heavy (non-hydrogen) atoms. The number of amides is 1. The Labute approximate surface area is 173 Å². The highest BCUT2D eigenvalue weighted by Gasteiger charge is 2.42. The average Bonchev–Trinajstić information content (AvgIpc) is 3.30. The van der Waals surface area contributed by atoms with Gasteiger partial charge >= 0.3 is 6.18 Å². The second kappa shape index (κ2) is 7.75. The molecule has 3 aromatic rings. The molecule has 2 aromatic heterocycles. The van der Waals surface area contributed by atoms with Gasteiger partial charge in [0.2, 0.25) is 5.91 Å². The molecule has 0 unspecified atom stereocenters. The maximum Gasteiger partial charge on any atom is 0.436 e. The smallest absolute Gasteiger partial charge is 0.322 e. The Bertz CT molecular complexity index is 1090. The summed E-state index contributed by atoms with van der Waals surface area (Å²) in [7, 11) is 0. The maximum absolute atomic E-state index is 13.3. The molecule has 6 nitrogen and oxygen atoms in total. The number of nitrogens with one attached hydrogen (secondary N) is 1. The highest BCUT2D eigenvalue weighted by Crippen LogP contribution is 2.46. The van der Waals surface area contributed by atoms with Crippen molar-refractivity contribution in [2.24, 2.45) is 0 Å². The van der Waals surface area contributed by atoms with E-state index in [0.29, 0.717) is 30.6 Å². The number of anilines is 1. The first-order valence-electron chi connectivity index (χ1n) is 9.11. The number of carbonyl (C=O) groups excluding carboxylic acids is 1. The first-order valence-corrected chi connectivity index (χ1v) is 9.48. The molecule has 1 saturated carbocycles. The van der Waals surface area contributed by atoms with E-state index in [1.807, 2.05) is 0 Å².